The first-order chi connectivity index (χ1) is 7.34. The summed E-state index contributed by atoms with van der Waals surface area (Å²) >= 11 is 6.28. The van der Waals surface area contributed by atoms with Crippen LogP contribution in [0.25, 0.3) is 0 Å². The zero-order chi connectivity index (χ0) is 10.9. The van der Waals surface area contributed by atoms with Crippen LogP contribution in [0.2, 0.25) is 0 Å². The van der Waals surface area contributed by atoms with Crippen LogP contribution >= 0.6 is 11.6 Å². The van der Waals surface area contributed by atoms with Crippen molar-refractivity contribution in [3.63, 3.8) is 0 Å². The van der Waals surface area contributed by atoms with Crippen LogP contribution in [0.4, 0.5) is 0 Å². The van der Waals surface area contributed by atoms with E-state index in [1.165, 1.54) is 25.7 Å². The fraction of sp³-hybridized carbons (Fsp3) is 1.00. The van der Waals surface area contributed by atoms with Gasteiger partial charge in [-0.25, -0.2) is 0 Å². The lowest BCUT2D eigenvalue weighted by Crippen LogP contribution is -2.31. The third-order valence-electron chi connectivity index (χ3n) is 3.07. The molecule has 0 aliphatic heterocycles. The number of ether oxygens (including phenoxy) is 1. The molecule has 0 aromatic heterocycles. The Bertz CT molecular complexity index is 155. The minimum Gasteiger partial charge on any atom is -0.382 e. The largest absolute Gasteiger partial charge is 0.382 e. The molecule has 0 spiro atoms. The molecule has 90 valence electrons. The summed E-state index contributed by atoms with van der Waals surface area (Å²) in [7, 11) is 0. The van der Waals surface area contributed by atoms with Gasteiger partial charge in [0.05, 0.1) is 0 Å². The van der Waals surface area contributed by atoms with Gasteiger partial charge < -0.3 is 10.1 Å². The lowest BCUT2D eigenvalue weighted by atomic mass is 9.89. The molecular weight excluding hydrogens is 210 g/mol. The molecular formula is C12H24ClNO. The molecule has 2 unspecified atom stereocenters. The van der Waals surface area contributed by atoms with Crippen molar-refractivity contribution in [2.45, 2.75) is 44.4 Å². The van der Waals surface area contributed by atoms with Gasteiger partial charge in [-0.2, -0.15) is 0 Å². The van der Waals surface area contributed by atoms with Gasteiger partial charge in [-0.1, -0.05) is 12.8 Å². The Hall–Kier alpha value is 0.210. The van der Waals surface area contributed by atoms with Gasteiger partial charge >= 0.3 is 0 Å². The number of nitrogens with one attached hydrogen (secondary N) is 1. The molecule has 1 aliphatic carbocycles. The molecule has 0 heterocycles. The van der Waals surface area contributed by atoms with Gasteiger partial charge in [0, 0.05) is 18.6 Å². The number of hydrogen-bond donors (Lipinski definition) is 1. The van der Waals surface area contributed by atoms with Gasteiger partial charge in [-0.15, -0.1) is 11.6 Å². The van der Waals surface area contributed by atoms with Crippen molar-refractivity contribution in [2.24, 2.45) is 5.92 Å². The monoisotopic (exact) mass is 233 g/mol. The maximum Gasteiger partial charge on any atom is 0.0477 e. The summed E-state index contributed by atoms with van der Waals surface area (Å²) in [5.41, 5.74) is 0. The van der Waals surface area contributed by atoms with Crippen LogP contribution in [0.5, 0.6) is 0 Å². The fourth-order valence-electron chi connectivity index (χ4n) is 2.12. The maximum absolute atomic E-state index is 6.28. The van der Waals surface area contributed by atoms with Gasteiger partial charge in [0.15, 0.2) is 0 Å². The van der Waals surface area contributed by atoms with Crippen LogP contribution < -0.4 is 5.32 Å². The Kier molecular flexibility index (Phi) is 7.41. The molecule has 1 rings (SSSR count). The Morgan fingerprint density at radius 3 is 2.87 bits per heavy atom. The van der Waals surface area contributed by atoms with E-state index in [-0.39, 0.29) is 0 Å². The fourth-order valence-corrected chi connectivity index (χ4v) is 2.49. The topological polar surface area (TPSA) is 21.3 Å². The third kappa shape index (κ3) is 5.74. The lowest BCUT2D eigenvalue weighted by Gasteiger charge is -2.27. The quantitative estimate of drug-likeness (QED) is 0.540. The summed E-state index contributed by atoms with van der Waals surface area (Å²) in [5.74, 6) is 0.688. The predicted octanol–water partition coefficient (Wildman–Crippen LogP) is 2.80. The zero-order valence-electron chi connectivity index (χ0n) is 9.80. The molecule has 3 heteroatoms. The van der Waals surface area contributed by atoms with Gasteiger partial charge in [0.1, 0.15) is 0 Å². The molecule has 0 amide bonds. The van der Waals surface area contributed by atoms with E-state index >= 15 is 0 Å². The molecule has 2 atom stereocenters. The molecule has 1 N–H and O–H groups in total. The summed E-state index contributed by atoms with van der Waals surface area (Å²) in [6, 6.07) is 0. The van der Waals surface area contributed by atoms with Crippen LogP contribution in [0, 0.1) is 5.92 Å². The average Bonchev–Trinajstić information content (AvgIpc) is 2.25. The summed E-state index contributed by atoms with van der Waals surface area (Å²) < 4.78 is 5.28. The molecule has 1 fully saturated rings. The van der Waals surface area contributed by atoms with Crippen LogP contribution in [-0.2, 0) is 4.74 Å². The summed E-state index contributed by atoms with van der Waals surface area (Å²) in [5, 5.41) is 3.88. The summed E-state index contributed by atoms with van der Waals surface area (Å²) in [4.78, 5) is 0. The third-order valence-corrected chi connectivity index (χ3v) is 3.64. The molecule has 0 radical (unpaired) electrons. The van der Waals surface area contributed by atoms with E-state index in [2.05, 4.69) is 5.32 Å². The van der Waals surface area contributed by atoms with Crippen molar-refractivity contribution in [2.75, 3.05) is 26.3 Å². The molecule has 15 heavy (non-hydrogen) atoms. The van der Waals surface area contributed by atoms with E-state index in [0.717, 1.165) is 32.7 Å². The van der Waals surface area contributed by atoms with E-state index in [1.807, 2.05) is 6.92 Å². The highest BCUT2D eigenvalue weighted by Crippen LogP contribution is 2.27. The van der Waals surface area contributed by atoms with Crippen LogP contribution in [0.1, 0.15) is 39.0 Å². The number of rotatable bonds is 7. The van der Waals surface area contributed by atoms with E-state index in [1.54, 1.807) is 0 Å². The van der Waals surface area contributed by atoms with Gasteiger partial charge in [-0.05, 0) is 45.2 Å². The van der Waals surface area contributed by atoms with Gasteiger partial charge in [0.25, 0.3) is 0 Å². The average molecular weight is 234 g/mol. The second kappa shape index (κ2) is 8.37. The number of alkyl halides is 1. The second-order valence-corrected chi connectivity index (χ2v) is 4.88. The first kappa shape index (κ1) is 13.3. The zero-order valence-corrected chi connectivity index (χ0v) is 10.6. The number of halogens is 1. The number of hydrogen-bond acceptors (Lipinski definition) is 2. The Morgan fingerprint density at radius 1 is 1.33 bits per heavy atom. The summed E-state index contributed by atoms with van der Waals surface area (Å²) in [6.07, 6.45) is 6.27. The highest BCUT2D eigenvalue weighted by molar-refractivity contribution is 6.20. The first-order valence-corrected chi connectivity index (χ1v) is 6.70. The molecule has 0 bridgehead atoms. The lowest BCUT2D eigenvalue weighted by molar-refractivity contribution is 0.144. The second-order valence-electron chi connectivity index (χ2n) is 4.32. The van der Waals surface area contributed by atoms with Crippen LogP contribution in [0.3, 0.4) is 0 Å². The Morgan fingerprint density at radius 2 is 2.13 bits per heavy atom. The molecule has 0 aromatic carbocycles. The van der Waals surface area contributed by atoms with Crippen molar-refractivity contribution in [3.05, 3.63) is 0 Å². The Balaban J connectivity index is 1.94. The molecule has 1 aliphatic rings. The predicted molar refractivity (Wildman–Crippen MR) is 65.6 cm³/mol. The van der Waals surface area contributed by atoms with Gasteiger partial charge in [0.2, 0.25) is 0 Å². The normalized spacial score (nSPS) is 26.8. The molecule has 1 saturated carbocycles. The van der Waals surface area contributed by atoms with E-state index in [4.69, 9.17) is 16.3 Å². The maximum atomic E-state index is 6.28. The highest BCUT2D eigenvalue weighted by atomic mass is 35.5. The first-order valence-electron chi connectivity index (χ1n) is 6.27. The smallest absolute Gasteiger partial charge is 0.0477 e. The van der Waals surface area contributed by atoms with Crippen LogP contribution in [-0.4, -0.2) is 31.7 Å². The van der Waals surface area contributed by atoms with Crippen molar-refractivity contribution in [3.8, 4) is 0 Å². The minimum absolute atomic E-state index is 0.401. The van der Waals surface area contributed by atoms with E-state index in [0.29, 0.717) is 11.3 Å². The highest BCUT2D eigenvalue weighted by Gasteiger charge is 2.22. The minimum atomic E-state index is 0.401. The molecule has 0 saturated heterocycles. The molecule has 2 nitrogen and oxygen atoms in total. The van der Waals surface area contributed by atoms with Crippen molar-refractivity contribution >= 4 is 11.6 Å². The van der Waals surface area contributed by atoms with Crippen molar-refractivity contribution < 1.29 is 4.74 Å². The van der Waals surface area contributed by atoms with E-state index in [9.17, 15) is 0 Å². The molecule has 0 aromatic rings. The van der Waals surface area contributed by atoms with Crippen LogP contribution in [0.15, 0.2) is 0 Å². The SMILES string of the molecule is CCOCCCNCC1CCCCC1Cl. The van der Waals surface area contributed by atoms with Crippen molar-refractivity contribution in [1.29, 1.82) is 0 Å². The van der Waals surface area contributed by atoms with Gasteiger partial charge in [-0.3, -0.25) is 0 Å². The van der Waals surface area contributed by atoms with Crippen molar-refractivity contribution in [1.82, 2.24) is 5.32 Å². The Labute approximate surface area is 98.7 Å². The summed E-state index contributed by atoms with van der Waals surface area (Å²) in [6.45, 7) is 5.87. The van der Waals surface area contributed by atoms with E-state index < -0.39 is 0 Å². The standard InChI is InChI=1S/C12H24ClNO/c1-2-15-9-5-8-14-10-11-6-3-4-7-12(11)13/h11-12,14H,2-10H2,1H3.